The van der Waals surface area contributed by atoms with E-state index in [9.17, 15) is 9.59 Å². The van der Waals surface area contributed by atoms with Gasteiger partial charge in [-0.1, -0.05) is 6.07 Å². The van der Waals surface area contributed by atoms with Crippen LogP contribution in [-0.4, -0.2) is 42.6 Å². The third kappa shape index (κ3) is 2.99. The number of Topliss-reactive ketones (excluding diaryl/α,β-unsaturated/α-hetero) is 1. The Morgan fingerprint density at radius 1 is 1.21 bits per heavy atom. The number of carbonyl (C=O) groups excluding carboxylic acids is 2. The molecular weight excluding hydrogens is 306 g/mol. The number of hydrogen-bond acceptors (Lipinski definition) is 4. The molecule has 2 aliphatic rings. The molecule has 0 saturated carbocycles. The second-order valence-electron chi connectivity index (χ2n) is 7.78. The zero-order valence-electron chi connectivity index (χ0n) is 14.8. The number of piperidine rings is 1. The first-order valence-corrected chi connectivity index (χ1v) is 8.44. The highest BCUT2D eigenvalue weighted by Crippen LogP contribution is 2.45. The van der Waals surface area contributed by atoms with Gasteiger partial charge in [0.05, 0.1) is 7.11 Å². The molecule has 1 heterocycles. The SMILES string of the molecule is COc1ccc2c(c1)C(=O)C1(CCN(C(=O)OC(C)(C)C)CC1)C2. The van der Waals surface area contributed by atoms with E-state index in [2.05, 4.69) is 0 Å². The molecule has 1 aromatic carbocycles. The molecule has 3 rings (SSSR count). The molecule has 5 nitrogen and oxygen atoms in total. The van der Waals surface area contributed by atoms with Gasteiger partial charge >= 0.3 is 6.09 Å². The lowest BCUT2D eigenvalue weighted by Gasteiger charge is -2.38. The van der Waals surface area contributed by atoms with Crippen molar-refractivity contribution in [2.45, 2.75) is 45.6 Å². The minimum Gasteiger partial charge on any atom is -0.497 e. The van der Waals surface area contributed by atoms with Gasteiger partial charge in [-0.2, -0.15) is 0 Å². The van der Waals surface area contributed by atoms with Crippen molar-refractivity contribution in [1.29, 1.82) is 0 Å². The zero-order valence-corrected chi connectivity index (χ0v) is 14.8. The number of benzene rings is 1. The lowest BCUT2D eigenvalue weighted by atomic mass is 9.75. The van der Waals surface area contributed by atoms with Crippen molar-refractivity contribution in [2.75, 3.05) is 20.2 Å². The minimum absolute atomic E-state index is 0.195. The molecule has 1 aliphatic carbocycles. The number of ether oxygens (including phenoxy) is 2. The van der Waals surface area contributed by atoms with Gasteiger partial charge in [0.2, 0.25) is 0 Å². The lowest BCUT2D eigenvalue weighted by molar-refractivity contribution is 0.0114. The second-order valence-corrected chi connectivity index (χ2v) is 7.78. The van der Waals surface area contributed by atoms with Crippen molar-refractivity contribution in [3.05, 3.63) is 29.3 Å². The summed E-state index contributed by atoms with van der Waals surface area (Å²) < 4.78 is 10.7. The first kappa shape index (κ1) is 16.8. The van der Waals surface area contributed by atoms with E-state index in [1.54, 1.807) is 12.0 Å². The zero-order chi connectivity index (χ0) is 17.5. The van der Waals surface area contributed by atoms with Crippen LogP contribution < -0.4 is 4.74 Å². The van der Waals surface area contributed by atoms with E-state index in [0.29, 0.717) is 31.7 Å². The Morgan fingerprint density at radius 3 is 2.46 bits per heavy atom. The van der Waals surface area contributed by atoms with E-state index in [4.69, 9.17) is 9.47 Å². The van der Waals surface area contributed by atoms with Gasteiger partial charge in [-0.15, -0.1) is 0 Å². The van der Waals surface area contributed by atoms with E-state index in [1.807, 2.05) is 39.0 Å². The van der Waals surface area contributed by atoms with Crippen molar-refractivity contribution in [3.8, 4) is 5.75 Å². The maximum absolute atomic E-state index is 13.0. The molecule has 0 atom stereocenters. The molecule has 1 aromatic rings. The molecule has 130 valence electrons. The average molecular weight is 331 g/mol. The number of fused-ring (bicyclic) bond motifs is 1. The fraction of sp³-hybridized carbons (Fsp3) is 0.579. The smallest absolute Gasteiger partial charge is 0.410 e. The van der Waals surface area contributed by atoms with Gasteiger partial charge in [0.25, 0.3) is 0 Å². The number of methoxy groups -OCH3 is 1. The average Bonchev–Trinajstić information content (AvgIpc) is 2.78. The molecule has 1 fully saturated rings. The number of amides is 1. The highest BCUT2D eigenvalue weighted by atomic mass is 16.6. The molecule has 0 N–H and O–H groups in total. The first-order chi connectivity index (χ1) is 11.2. The first-order valence-electron chi connectivity index (χ1n) is 8.44. The molecule has 0 radical (unpaired) electrons. The van der Waals surface area contributed by atoms with E-state index in [-0.39, 0.29) is 17.3 Å². The number of likely N-dealkylation sites (tertiary alicyclic amines) is 1. The Kier molecular flexibility index (Phi) is 4.06. The third-order valence-electron chi connectivity index (χ3n) is 4.94. The predicted molar refractivity (Wildman–Crippen MR) is 90.5 cm³/mol. The Morgan fingerprint density at radius 2 is 1.88 bits per heavy atom. The fourth-order valence-corrected chi connectivity index (χ4v) is 3.63. The molecular formula is C19H25NO4. The van der Waals surface area contributed by atoms with Crippen LogP contribution in [0.5, 0.6) is 5.75 Å². The summed E-state index contributed by atoms with van der Waals surface area (Å²) in [4.78, 5) is 26.9. The lowest BCUT2D eigenvalue weighted by Crippen LogP contribution is -2.47. The summed E-state index contributed by atoms with van der Waals surface area (Å²) in [6, 6.07) is 5.73. The molecule has 5 heteroatoms. The van der Waals surface area contributed by atoms with Crippen LogP contribution in [0.2, 0.25) is 0 Å². The standard InChI is InChI=1S/C19H25NO4/c1-18(2,3)24-17(22)20-9-7-19(8-10-20)12-13-5-6-14(23-4)11-15(13)16(19)21/h5-6,11H,7-10,12H2,1-4H3. The van der Waals surface area contributed by atoms with Crippen LogP contribution >= 0.6 is 0 Å². The molecule has 1 saturated heterocycles. The molecule has 24 heavy (non-hydrogen) atoms. The second kappa shape index (κ2) is 5.80. The molecule has 1 aliphatic heterocycles. The molecule has 1 amide bonds. The van der Waals surface area contributed by atoms with Crippen LogP contribution in [0.25, 0.3) is 0 Å². The van der Waals surface area contributed by atoms with Crippen LogP contribution in [-0.2, 0) is 11.2 Å². The van der Waals surface area contributed by atoms with E-state index in [0.717, 1.165) is 17.5 Å². The predicted octanol–water partition coefficient (Wildman–Crippen LogP) is 3.45. The number of ketones is 1. The largest absolute Gasteiger partial charge is 0.497 e. The number of hydrogen-bond donors (Lipinski definition) is 0. The molecule has 1 spiro atoms. The Labute approximate surface area is 142 Å². The van der Waals surface area contributed by atoms with E-state index < -0.39 is 5.60 Å². The van der Waals surface area contributed by atoms with E-state index in [1.165, 1.54) is 0 Å². The van der Waals surface area contributed by atoms with Crippen LogP contribution in [0.15, 0.2) is 18.2 Å². The van der Waals surface area contributed by atoms with Gasteiger partial charge < -0.3 is 14.4 Å². The summed E-state index contributed by atoms with van der Waals surface area (Å²) in [7, 11) is 1.61. The number of nitrogens with zero attached hydrogens (tertiary/aromatic N) is 1. The molecule has 0 unspecified atom stereocenters. The van der Waals surface area contributed by atoms with Gasteiger partial charge in [-0.05, 0) is 57.7 Å². The van der Waals surface area contributed by atoms with Gasteiger partial charge in [0.1, 0.15) is 11.4 Å². The Hall–Kier alpha value is -2.04. The summed E-state index contributed by atoms with van der Waals surface area (Å²) in [5.74, 6) is 0.908. The Bertz CT molecular complexity index is 666. The number of rotatable bonds is 1. The molecule has 0 bridgehead atoms. The van der Waals surface area contributed by atoms with Crippen molar-refractivity contribution in [2.24, 2.45) is 5.41 Å². The summed E-state index contributed by atoms with van der Waals surface area (Å²) in [5.41, 5.74) is 1.00. The summed E-state index contributed by atoms with van der Waals surface area (Å²) in [6.45, 7) is 6.71. The summed E-state index contributed by atoms with van der Waals surface area (Å²) >= 11 is 0. The highest BCUT2D eigenvalue weighted by Gasteiger charge is 2.48. The van der Waals surface area contributed by atoms with E-state index >= 15 is 0 Å². The van der Waals surface area contributed by atoms with Gasteiger partial charge in [0.15, 0.2) is 5.78 Å². The van der Waals surface area contributed by atoms with Crippen molar-refractivity contribution < 1.29 is 19.1 Å². The summed E-state index contributed by atoms with van der Waals surface area (Å²) in [6.07, 6.45) is 1.83. The fourth-order valence-electron chi connectivity index (χ4n) is 3.63. The minimum atomic E-state index is -0.498. The maximum Gasteiger partial charge on any atom is 0.410 e. The topological polar surface area (TPSA) is 55.8 Å². The maximum atomic E-state index is 13.0. The normalized spacial score (nSPS) is 19.3. The van der Waals surface area contributed by atoms with Crippen molar-refractivity contribution in [3.63, 3.8) is 0 Å². The van der Waals surface area contributed by atoms with Crippen molar-refractivity contribution in [1.82, 2.24) is 4.90 Å². The number of carbonyl (C=O) groups is 2. The van der Waals surface area contributed by atoms with Gasteiger partial charge in [0, 0.05) is 24.1 Å². The molecule has 0 aromatic heterocycles. The van der Waals surface area contributed by atoms with Gasteiger partial charge in [-0.3, -0.25) is 4.79 Å². The highest BCUT2D eigenvalue weighted by molar-refractivity contribution is 6.05. The van der Waals surface area contributed by atoms with Crippen molar-refractivity contribution >= 4 is 11.9 Å². The van der Waals surface area contributed by atoms with Gasteiger partial charge in [-0.25, -0.2) is 4.79 Å². The van der Waals surface area contributed by atoms with Crippen LogP contribution in [0.1, 0.15) is 49.5 Å². The quantitative estimate of drug-likeness (QED) is 0.791. The Balaban J connectivity index is 1.70. The van der Waals surface area contributed by atoms with Crippen LogP contribution in [0.4, 0.5) is 4.79 Å². The summed E-state index contributed by atoms with van der Waals surface area (Å²) in [5, 5.41) is 0. The third-order valence-corrected chi connectivity index (χ3v) is 4.94. The van der Waals surface area contributed by atoms with Crippen LogP contribution in [0, 0.1) is 5.41 Å². The monoisotopic (exact) mass is 331 g/mol. The van der Waals surface area contributed by atoms with Crippen LogP contribution in [0.3, 0.4) is 0 Å².